The number of aromatic nitrogens is 1. The summed E-state index contributed by atoms with van der Waals surface area (Å²) in [5.41, 5.74) is 0.777. The van der Waals surface area contributed by atoms with Gasteiger partial charge in [-0.15, -0.1) is 0 Å². The molecular weight excluding hydrogens is 307 g/mol. The third-order valence-electron chi connectivity index (χ3n) is 2.72. The van der Waals surface area contributed by atoms with Crippen molar-refractivity contribution in [2.45, 2.75) is 11.8 Å². The number of benzene rings is 1. The van der Waals surface area contributed by atoms with E-state index in [1.165, 1.54) is 18.2 Å². The van der Waals surface area contributed by atoms with Crippen LogP contribution in [0.5, 0.6) is 0 Å². The van der Waals surface area contributed by atoms with Gasteiger partial charge in [-0.05, 0) is 13.0 Å². The SMILES string of the molecule is CCOC(=O)c1c(C(Cl)Cl)[nH]c2cc([N+](=O)[O-])ccc12. The number of nitrogens with one attached hydrogen (secondary N) is 1. The third-order valence-corrected chi connectivity index (χ3v) is 3.16. The number of nitro benzene ring substituents is 1. The zero-order valence-corrected chi connectivity index (χ0v) is 11.9. The molecule has 0 amide bonds. The molecule has 8 heteroatoms. The molecule has 0 aliphatic heterocycles. The van der Waals surface area contributed by atoms with E-state index in [1.807, 2.05) is 0 Å². The van der Waals surface area contributed by atoms with Gasteiger partial charge in [0.05, 0.1) is 28.3 Å². The summed E-state index contributed by atoms with van der Waals surface area (Å²) in [6.45, 7) is 1.88. The Kier molecular flexibility index (Phi) is 4.15. The number of ether oxygens (including phenoxy) is 1. The van der Waals surface area contributed by atoms with Gasteiger partial charge in [-0.25, -0.2) is 4.79 Å². The van der Waals surface area contributed by atoms with E-state index in [9.17, 15) is 14.9 Å². The van der Waals surface area contributed by atoms with E-state index < -0.39 is 15.7 Å². The highest BCUT2D eigenvalue weighted by Gasteiger charge is 2.24. The molecule has 0 bridgehead atoms. The van der Waals surface area contributed by atoms with E-state index in [0.29, 0.717) is 10.9 Å². The number of nitrogens with zero attached hydrogens (tertiary/aromatic N) is 1. The van der Waals surface area contributed by atoms with Gasteiger partial charge in [0.25, 0.3) is 5.69 Å². The minimum atomic E-state index is -0.971. The molecule has 106 valence electrons. The zero-order valence-electron chi connectivity index (χ0n) is 10.4. The van der Waals surface area contributed by atoms with Gasteiger partial charge in [0.2, 0.25) is 0 Å². The number of nitro groups is 1. The minimum absolute atomic E-state index is 0.0959. The summed E-state index contributed by atoms with van der Waals surface area (Å²) in [5.74, 6) is -0.575. The van der Waals surface area contributed by atoms with Crippen molar-refractivity contribution in [3.63, 3.8) is 0 Å². The Bertz CT molecular complexity index is 681. The van der Waals surface area contributed by atoms with Crippen LogP contribution in [-0.4, -0.2) is 22.5 Å². The van der Waals surface area contributed by atoms with Gasteiger partial charge in [-0.2, -0.15) is 0 Å². The molecule has 1 N–H and O–H groups in total. The van der Waals surface area contributed by atoms with Crippen LogP contribution in [0.3, 0.4) is 0 Å². The lowest BCUT2D eigenvalue weighted by atomic mass is 10.1. The number of carbonyl (C=O) groups excluding carboxylic acids is 1. The second-order valence-corrected chi connectivity index (χ2v) is 5.02. The molecule has 2 aromatic rings. The summed E-state index contributed by atoms with van der Waals surface area (Å²) < 4.78 is 4.95. The number of fused-ring (bicyclic) bond motifs is 1. The van der Waals surface area contributed by atoms with Crippen LogP contribution in [0.15, 0.2) is 18.2 Å². The van der Waals surface area contributed by atoms with E-state index in [2.05, 4.69) is 4.98 Å². The molecule has 0 radical (unpaired) electrons. The highest BCUT2D eigenvalue weighted by molar-refractivity contribution is 6.44. The van der Waals surface area contributed by atoms with Crippen LogP contribution in [0.25, 0.3) is 10.9 Å². The second kappa shape index (κ2) is 5.68. The number of carbonyl (C=O) groups is 1. The molecule has 1 heterocycles. The van der Waals surface area contributed by atoms with Crippen LogP contribution >= 0.6 is 23.2 Å². The van der Waals surface area contributed by atoms with Gasteiger partial charge in [-0.3, -0.25) is 10.1 Å². The largest absolute Gasteiger partial charge is 0.462 e. The summed E-state index contributed by atoms with van der Waals surface area (Å²) in [6, 6.07) is 4.09. The van der Waals surface area contributed by atoms with Gasteiger partial charge in [0.15, 0.2) is 0 Å². The lowest BCUT2D eigenvalue weighted by Crippen LogP contribution is -2.07. The van der Waals surface area contributed by atoms with Crippen molar-refractivity contribution >= 4 is 45.8 Å². The van der Waals surface area contributed by atoms with Gasteiger partial charge in [-0.1, -0.05) is 23.2 Å². The maximum absolute atomic E-state index is 12.0. The Labute approximate surface area is 123 Å². The van der Waals surface area contributed by atoms with E-state index in [1.54, 1.807) is 6.92 Å². The maximum Gasteiger partial charge on any atom is 0.340 e. The van der Waals surface area contributed by atoms with Gasteiger partial charge < -0.3 is 9.72 Å². The molecule has 0 spiro atoms. The summed E-state index contributed by atoms with van der Waals surface area (Å²) in [5, 5.41) is 11.2. The molecule has 0 saturated carbocycles. The number of halogens is 2. The molecule has 0 atom stereocenters. The van der Waals surface area contributed by atoms with E-state index in [4.69, 9.17) is 27.9 Å². The number of rotatable bonds is 4. The molecular formula is C12H10Cl2N2O4. The van der Waals surface area contributed by atoms with Crippen molar-refractivity contribution < 1.29 is 14.5 Å². The summed E-state index contributed by atoms with van der Waals surface area (Å²) in [4.78, 5) is 24.1. The molecule has 6 nitrogen and oxygen atoms in total. The third kappa shape index (κ3) is 2.57. The fourth-order valence-corrected chi connectivity index (χ4v) is 2.23. The molecule has 0 unspecified atom stereocenters. The van der Waals surface area contributed by atoms with E-state index in [0.717, 1.165) is 0 Å². The first kappa shape index (κ1) is 14.6. The van der Waals surface area contributed by atoms with Crippen molar-refractivity contribution in [1.29, 1.82) is 0 Å². The molecule has 1 aromatic heterocycles. The molecule has 20 heavy (non-hydrogen) atoms. The number of hydrogen-bond acceptors (Lipinski definition) is 4. The highest BCUT2D eigenvalue weighted by Crippen LogP contribution is 2.34. The van der Waals surface area contributed by atoms with Gasteiger partial charge in [0.1, 0.15) is 4.84 Å². The Morgan fingerprint density at radius 2 is 2.20 bits per heavy atom. The number of non-ortho nitro benzene ring substituents is 1. The predicted molar refractivity (Wildman–Crippen MR) is 75.4 cm³/mol. The van der Waals surface area contributed by atoms with Crippen LogP contribution in [-0.2, 0) is 4.74 Å². The minimum Gasteiger partial charge on any atom is -0.462 e. The topological polar surface area (TPSA) is 85.2 Å². The Balaban J connectivity index is 2.67. The van der Waals surface area contributed by atoms with Crippen LogP contribution < -0.4 is 0 Å². The lowest BCUT2D eigenvalue weighted by Gasteiger charge is -2.04. The van der Waals surface area contributed by atoms with Crippen molar-refractivity contribution in [2.75, 3.05) is 6.61 Å². The standard InChI is InChI=1S/C12H10Cl2N2O4/c1-2-20-12(17)9-7-4-3-6(16(18)19)5-8(7)15-10(9)11(13)14/h3-5,11,15H,2H2,1H3. The first-order valence-corrected chi connectivity index (χ1v) is 6.58. The van der Waals surface area contributed by atoms with Crippen molar-refractivity contribution in [3.8, 4) is 0 Å². The predicted octanol–water partition coefficient (Wildman–Crippen LogP) is 3.73. The molecule has 0 fully saturated rings. The van der Waals surface area contributed by atoms with Crippen LogP contribution in [0.4, 0.5) is 5.69 Å². The van der Waals surface area contributed by atoms with Gasteiger partial charge >= 0.3 is 5.97 Å². The maximum atomic E-state index is 12.0. The molecule has 0 aliphatic carbocycles. The van der Waals surface area contributed by atoms with E-state index in [-0.39, 0.29) is 23.6 Å². The average molecular weight is 317 g/mol. The number of H-pyrrole nitrogens is 1. The Hall–Kier alpha value is -1.79. The monoisotopic (exact) mass is 316 g/mol. The second-order valence-electron chi connectivity index (χ2n) is 3.92. The molecule has 2 rings (SSSR count). The summed E-state index contributed by atoms with van der Waals surface area (Å²) >= 11 is 11.6. The van der Waals surface area contributed by atoms with Crippen molar-refractivity contribution in [3.05, 3.63) is 39.6 Å². The van der Waals surface area contributed by atoms with Crippen LogP contribution in [0.2, 0.25) is 0 Å². The zero-order chi connectivity index (χ0) is 14.9. The lowest BCUT2D eigenvalue weighted by molar-refractivity contribution is -0.384. The highest BCUT2D eigenvalue weighted by atomic mass is 35.5. The quantitative estimate of drug-likeness (QED) is 0.403. The fraction of sp³-hybridized carbons (Fsp3) is 0.250. The van der Waals surface area contributed by atoms with E-state index >= 15 is 0 Å². The number of hydrogen-bond donors (Lipinski definition) is 1. The average Bonchev–Trinajstić information content (AvgIpc) is 2.77. The number of esters is 1. The first-order valence-electron chi connectivity index (χ1n) is 5.71. The molecule has 0 saturated heterocycles. The van der Waals surface area contributed by atoms with Gasteiger partial charge in [0, 0.05) is 17.5 Å². The fourth-order valence-electron chi connectivity index (χ4n) is 1.91. The van der Waals surface area contributed by atoms with Crippen molar-refractivity contribution in [2.24, 2.45) is 0 Å². The number of aromatic amines is 1. The van der Waals surface area contributed by atoms with Crippen LogP contribution in [0.1, 0.15) is 27.8 Å². The summed E-state index contributed by atoms with van der Waals surface area (Å²) in [7, 11) is 0. The Morgan fingerprint density at radius 1 is 1.50 bits per heavy atom. The Morgan fingerprint density at radius 3 is 2.75 bits per heavy atom. The number of alkyl halides is 2. The smallest absolute Gasteiger partial charge is 0.340 e. The molecule has 0 aliphatic rings. The first-order chi connectivity index (χ1) is 9.45. The molecule has 1 aromatic carbocycles. The van der Waals surface area contributed by atoms with Crippen LogP contribution in [0, 0.1) is 10.1 Å². The van der Waals surface area contributed by atoms with Crippen molar-refractivity contribution in [1.82, 2.24) is 4.98 Å². The normalized spacial score (nSPS) is 11.0. The summed E-state index contributed by atoms with van der Waals surface area (Å²) in [6.07, 6.45) is 0.